The Morgan fingerprint density at radius 3 is 2.33 bits per heavy atom. The monoisotopic (exact) mass is 325 g/mol. The lowest BCUT2D eigenvalue weighted by Crippen LogP contribution is -2.11. The van der Waals surface area contributed by atoms with Gasteiger partial charge >= 0.3 is 0 Å². The highest BCUT2D eigenvalue weighted by Gasteiger charge is 2.20. The van der Waals surface area contributed by atoms with Crippen molar-refractivity contribution >= 4 is 17.5 Å². The second kappa shape index (κ2) is 6.79. The van der Waals surface area contributed by atoms with Gasteiger partial charge in [0.15, 0.2) is 5.78 Å². The van der Waals surface area contributed by atoms with E-state index < -0.39 is 0 Å². The Morgan fingerprint density at radius 1 is 1.17 bits per heavy atom. The number of aromatic hydroxyl groups is 1. The van der Waals surface area contributed by atoms with Crippen LogP contribution in [0.5, 0.6) is 11.5 Å². The van der Waals surface area contributed by atoms with Gasteiger partial charge in [-0.2, -0.15) is 0 Å². The molecule has 0 saturated heterocycles. The zero-order chi connectivity index (χ0) is 17.9. The van der Waals surface area contributed by atoms with E-state index in [2.05, 4.69) is 0 Å². The number of phenolic OH excluding ortho intramolecular Hbond substituents is 1. The zero-order valence-electron chi connectivity index (χ0n) is 14.5. The molecule has 0 amide bonds. The fraction of sp³-hybridized carbons (Fsp3) is 0.250. The molecule has 0 radical (unpaired) electrons. The van der Waals surface area contributed by atoms with Crippen molar-refractivity contribution < 1.29 is 14.6 Å². The molecule has 0 aliphatic rings. The first kappa shape index (κ1) is 17.6. The lowest BCUT2D eigenvalue weighted by atomic mass is 9.85. The number of benzene rings is 2. The number of hydrogen-bond acceptors (Lipinski definition) is 4. The summed E-state index contributed by atoms with van der Waals surface area (Å²) in [6.45, 7) is 6.05. The minimum absolute atomic E-state index is 0.123. The van der Waals surface area contributed by atoms with Crippen LogP contribution < -0.4 is 10.5 Å². The summed E-state index contributed by atoms with van der Waals surface area (Å²) < 4.78 is 5.31. The van der Waals surface area contributed by atoms with E-state index in [4.69, 9.17) is 10.5 Å². The van der Waals surface area contributed by atoms with E-state index in [0.29, 0.717) is 17.0 Å². The third kappa shape index (κ3) is 3.96. The van der Waals surface area contributed by atoms with Gasteiger partial charge in [-0.05, 0) is 47.9 Å². The average Bonchev–Trinajstić information content (AvgIpc) is 2.52. The smallest absolute Gasteiger partial charge is 0.185 e. The molecule has 0 unspecified atom stereocenters. The number of allylic oxidation sites excluding steroid dienone is 1. The van der Waals surface area contributed by atoms with Crippen LogP contribution in [0.1, 0.15) is 42.3 Å². The molecule has 2 rings (SSSR count). The summed E-state index contributed by atoms with van der Waals surface area (Å²) in [6, 6.07) is 10.2. The zero-order valence-corrected chi connectivity index (χ0v) is 14.5. The van der Waals surface area contributed by atoms with E-state index in [1.807, 2.05) is 26.8 Å². The lowest BCUT2D eigenvalue weighted by Gasteiger charge is -2.22. The number of hydrogen-bond donors (Lipinski definition) is 2. The van der Waals surface area contributed by atoms with Crippen molar-refractivity contribution in [2.45, 2.75) is 26.2 Å². The number of anilines is 1. The van der Waals surface area contributed by atoms with E-state index in [0.717, 1.165) is 11.1 Å². The maximum atomic E-state index is 12.3. The maximum Gasteiger partial charge on any atom is 0.185 e. The predicted molar refractivity (Wildman–Crippen MR) is 97.6 cm³/mol. The van der Waals surface area contributed by atoms with Gasteiger partial charge < -0.3 is 15.6 Å². The molecule has 126 valence electrons. The standard InChI is InChI=1S/C20H23NO3/c1-20(2,3)16-11-14(19(24-4)12-18(16)23)7-10-17(22)13-5-8-15(21)9-6-13/h5-12,23H,21H2,1-4H3. The summed E-state index contributed by atoms with van der Waals surface area (Å²) in [6.07, 6.45) is 3.19. The second-order valence-corrected chi connectivity index (χ2v) is 6.68. The largest absolute Gasteiger partial charge is 0.508 e. The van der Waals surface area contributed by atoms with E-state index in [9.17, 15) is 9.90 Å². The van der Waals surface area contributed by atoms with Crippen LogP contribution in [0.25, 0.3) is 6.08 Å². The van der Waals surface area contributed by atoms with Gasteiger partial charge in [-0.15, -0.1) is 0 Å². The van der Waals surface area contributed by atoms with Crippen molar-refractivity contribution in [2.75, 3.05) is 12.8 Å². The Labute approximate surface area is 142 Å². The number of phenols is 1. The van der Waals surface area contributed by atoms with Gasteiger partial charge in [0, 0.05) is 28.4 Å². The fourth-order valence-electron chi connectivity index (χ4n) is 2.40. The van der Waals surface area contributed by atoms with Crippen LogP contribution in [0, 0.1) is 0 Å². The third-order valence-electron chi connectivity index (χ3n) is 3.77. The molecule has 0 aromatic heterocycles. The molecule has 0 saturated carbocycles. The third-order valence-corrected chi connectivity index (χ3v) is 3.77. The van der Waals surface area contributed by atoms with Crippen molar-refractivity contribution in [1.82, 2.24) is 0 Å². The number of methoxy groups -OCH3 is 1. The van der Waals surface area contributed by atoms with E-state index >= 15 is 0 Å². The van der Waals surface area contributed by atoms with Crippen LogP contribution in [-0.2, 0) is 5.41 Å². The van der Waals surface area contributed by atoms with Gasteiger partial charge in [0.2, 0.25) is 0 Å². The number of nitrogens with two attached hydrogens (primary N) is 1. The van der Waals surface area contributed by atoms with Gasteiger partial charge in [-0.3, -0.25) is 4.79 Å². The topological polar surface area (TPSA) is 72.5 Å². The number of ketones is 1. The summed E-state index contributed by atoms with van der Waals surface area (Å²) in [5.41, 5.74) is 8.12. The first-order valence-electron chi connectivity index (χ1n) is 7.72. The SMILES string of the molecule is COc1cc(O)c(C(C)(C)C)cc1C=CC(=O)c1ccc(N)cc1. The maximum absolute atomic E-state index is 12.3. The van der Waals surface area contributed by atoms with Crippen molar-refractivity contribution in [3.8, 4) is 11.5 Å². The highest BCUT2D eigenvalue weighted by molar-refractivity contribution is 6.07. The molecule has 0 spiro atoms. The molecule has 4 heteroatoms. The minimum Gasteiger partial charge on any atom is -0.508 e. The number of carbonyl (C=O) groups is 1. The van der Waals surface area contributed by atoms with Crippen LogP contribution >= 0.6 is 0 Å². The predicted octanol–water partition coefficient (Wildman–Crippen LogP) is 4.18. The van der Waals surface area contributed by atoms with Crippen molar-refractivity contribution in [3.05, 3.63) is 59.2 Å². The quantitative estimate of drug-likeness (QED) is 0.502. The Kier molecular flexibility index (Phi) is 4.98. The molecule has 0 aliphatic carbocycles. The Bertz CT molecular complexity index is 769. The Morgan fingerprint density at radius 2 is 1.79 bits per heavy atom. The molecule has 2 aromatic rings. The molecule has 0 heterocycles. The van der Waals surface area contributed by atoms with Crippen LogP contribution in [0.3, 0.4) is 0 Å². The van der Waals surface area contributed by atoms with Crippen molar-refractivity contribution in [1.29, 1.82) is 0 Å². The molecule has 2 aromatic carbocycles. The van der Waals surface area contributed by atoms with Crippen LogP contribution in [-0.4, -0.2) is 18.0 Å². The molecule has 0 aliphatic heterocycles. The molecular weight excluding hydrogens is 302 g/mol. The normalized spacial score (nSPS) is 11.7. The molecular formula is C20H23NO3. The van der Waals surface area contributed by atoms with E-state index in [-0.39, 0.29) is 16.9 Å². The summed E-state index contributed by atoms with van der Waals surface area (Å²) in [4.78, 5) is 12.3. The fourth-order valence-corrected chi connectivity index (χ4v) is 2.40. The summed E-state index contributed by atoms with van der Waals surface area (Å²) in [5.74, 6) is 0.575. The van der Waals surface area contributed by atoms with Crippen molar-refractivity contribution in [2.24, 2.45) is 0 Å². The van der Waals surface area contributed by atoms with Crippen LogP contribution in [0.4, 0.5) is 5.69 Å². The highest BCUT2D eigenvalue weighted by Crippen LogP contribution is 2.36. The highest BCUT2D eigenvalue weighted by atomic mass is 16.5. The summed E-state index contributed by atoms with van der Waals surface area (Å²) in [7, 11) is 1.53. The van der Waals surface area contributed by atoms with E-state index in [1.165, 1.54) is 13.2 Å². The van der Waals surface area contributed by atoms with E-state index in [1.54, 1.807) is 36.4 Å². The first-order valence-corrected chi connectivity index (χ1v) is 7.72. The number of nitrogen functional groups attached to an aromatic ring is 1. The van der Waals surface area contributed by atoms with Crippen molar-refractivity contribution in [3.63, 3.8) is 0 Å². The van der Waals surface area contributed by atoms with Gasteiger partial charge in [0.25, 0.3) is 0 Å². The summed E-state index contributed by atoms with van der Waals surface area (Å²) in [5, 5.41) is 10.2. The Hall–Kier alpha value is -2.75. The molecule has 0 fully saturated rings. The first-order chi connectivity index (χ1) is 11.2. The molecule has 0 atom stereocenters. The molecule has 4 nitrogen and oxygen atoms in total. The second-order valence-electron chi connectivity index (χ2n) is 6.68. The van der Waals surface area contributed by atoms with Gasteiger partial charge in [0.05, 0.1) is 7.11 Å². The van der Waals surface area contributed by atoms with Gasteiger partial charge in [-0.1, -0.05) is 20.8 Å². The van der Waals surface area contributed by atoms with Crippen LogP contribution in [0.15, 0.2) is 42.5 Å². The molecule has 24 heavy (non-hydrogen) atoms. The van der Waals surface area contributed by atoms with Gasteiger partial charge in [-0.25, -0.2) is 0 Å². The summed E-state index contributed by atoms with van der Waals surface area (Å²) >= 11 is 0. The molecule has 3 N–H and O–H groups in total. The van der Waals surface area contributed by atoms with Gasteiger partial charge in [0.1, 0.15) is 11.5 Å². The number of ether oxygens (including phenoxy) is 1. The number of carbonyl (C=O) groups excluding carboxylic acids is 1. The van der Waals surface area contributed by atoms with Crippen LogP contribution in [0.2, 0.25) is 0 Å². The number of rotatable bonds is 4. The molecule has 0 bridgehead atoms. The minimum atomic E-state index is -0.222. The average molecular weight is 325 g/mol. The lowest BCUT2D eigenvalue weighted by molar-refractivity contribution is 0.104. The Balaban J connectivity index is 2.37.